The second kappa shape index (κ2) is 6.91. The molecule has 0 radical (unpaired) electrons. The standard InChI is InChI=1S/C12H13NO2S/c13-8-10-3-5-11(6-4-10)9-16-7-1-2-12(14)15/h3-6H,1-2,7,9H2,(H,14,15). The van der Waals surface area contributed by atoms with Gasteiger partial charge in [-0.05, 0) is 29.9 Å². The first-order valence-corrected chi connectivity index (χ1v) is 6.16. The van der Waals surface area contributed by atoms with Crippen LogP contribution in [0.1, 0.15) is 24.0 Å². The van der Waals surface area contributed by atoms with E-state index in [0.717, 1.165) is 11.5 Å². The number of carbonyl (C=O) groups is 1. The van der Waals surface area contributed by atoms with E-state index in [1.807, 2.05) is 12.1 Å². The molecule has 84 valence electrons. The highest BCUT2D eigenvalue weighted by Crippen LogP contribution is 2.14. The molecule has 0 unspecified atom stereocenters. The van der Waals surface area contributed by atoms with Gasteiger partial charge in [0.05, 0.1) is 11.6 Å². The average molecular weight is 235 g/mol. The van der Waals surface area contributed by atoms with Crippen molar-refractivity contribution in [3.05, 3.63) is 35.4 Å². The van der Waals surface area contributed by atoms with Crippen LogP contribution in [0.15, 0.2) is 24.3 Å². The van der Waals surface area contributed by atoms with E-state index in [1.54, 1.807) is 23.9 Å². The Labute approximate surface area is 99.1 Å². The molecule has 0 saturated carbocycles. The molecule has 0 heterocycles. The molecule has 1 N–H and O–H groups in total. The van der Waals surface area contributed by atoms with Crippen molar-refractivity contribution in [1.82, 2.24) is 0 Å². The van der Waals surface area contributed by atoms with Gasteiger partial charge in [0.2, 0.25) is 0 Å². The lowest BCUT2D eigenvalue weighted by atomic mass is 10.2. The van der Waals surface area contributed by atoms with Gasteiger partial charge in [0.25, 0.3) is 0 Å². The first-order chi connectivity index (χ1) is 7.72. The Morgan fingerprint density at radius 1 is 1.38 bits per heavy atom. The number of hydrogen-bond donors (Lipinski definition) is 1. The number of nitriles is 1. The zero-order chi connectivity index (χ0) is 11.8. The summed E-state index contributed by atoms with van der Waals surface area (Å²) >= 11 is 1.72. The van der Waals surface area contributed by atoms with Crippen molar-refractivity contribution in [2.24, 2.45) is 0 Å². The molecule has 0 spiro atoms. The predicted molar refractivity (Wildman–Crippen MR) is 64.2 cm³/mol. The fourth-order valence-electron chi connectivity index (χ4n) is 1.19. The van der Waals surface area contributed by atoms with Gasteiger partial charge in [-0.2, -0.15) is 17.0 Å². The third-order valence-electron chi connectivity index (χ3n) is 2.03. The van der Waals surface area contributed by atoms with Gasteiger partial charge in [0.1, 0.15) is 0 Å². The Morgan fingerprint density at radius 3 is 2.62 bits per heavy atom. The Hall–Kier alpha value is -1.47. The third-order valence-corrected chi connectivity index (χ3v) is 3.15. The van der Waals surface area contributed by atoms with Crippen LogP contribution in [-0.2, 0) is 10.5 Å². The zero-order valence-electron chi connectivity index (χ0n) is 8.85. The summed E-state index contributed by atoms with van der Waals surface area (Å²) in [6.45, 7) is 0. The number of carboxylic acid groups (broad SMARTS) is 1. The van der Waals surface area contributed by atoms with Gasteiger partial charge in [-0.25, -0.2) is 0 Å². The van der Waals surface area contributed by atoms with Crippen LogP contribution in [-0.4, -0.2) is 16.8 Å². The van der Waals surface area contributed by atoms with E-state index >= 15 is 0 Å². The molecule has 0 aliphatic heterocycles. The maximum atomic E-state index is 10.3. The van der Waals surface area contributed by atoms with Crippen LogP contribution in [0.4, 0.5) is 0 Å². The lowest BCUT2D eigenvalue weighted by molar-refractivity contribution is -0.137. The van der Waals surface area contributed by atoms with Gasteiger partial charge in [-0.15, -0.1) is 0 Å². The molecular formula is C12H13NO2S. The van der Waals surface area contributed by atoms with E-state index in [1.165, 1.54) is 5.56 Å². The van der Waals surface area contributed by atoms with Gasteiger partial charge in [0, 0.05) is 12.2 Å². The Kier molecular flexibility index (Phi) is 5.44. The molecule has 0 atom stereocenters. The minimum atomic E-state index is -0.737. The van der Waals surface area contributed by atoms with Crippen molar-refractivity contribution in [2.75, 3.05) is 5.75 Å². The summed E-state index contributed by atoms with van der Waals surface area (Å²) in [5.41, 5.74) is 1.83. The summed E-state index contributed by atoms with van der Waals surface area (Å²) < 4.78 is 0. The van der Waals surface area contributed by atoms with Crippen LogP contribution < -0.4 is 0 Å². The second-order valence-electron chi connectivity index (χ2n) is 3.36. The molecule has 3 nitrogen and oxygen atoms in total. The van der Waals surface area contributed by atoms with Gasteiger partial charge in [-0.1, -0.05) is 12.1 Å². The molecule has 0 aliphatic carbocycles. The van der Waals surface area contributed by atoms with E-state index in [0.29, 0.717) is 12.0 Å². The van der Waals surface area contributed by atoms with Crippen molar-refractivity contribution in [1.29, 1.82) is 5.26 Å². The van der Waals surface area contributed by atoms with Crippen molar-refractivity contribution >= 4 is 17.7 Å². The summed E-state index contributed by atoms with van der Waals surface area (Å²) in [7, 11) is 0. The summed E-state index contributed by atoms with van der Waals surface area (Å²) in [4.78, 5) is 10.3. The molecule has 0 aromatic heterocycles. The van der Waals surface area contributed by atoms with Crippen molar-refractivity contribution in [3.8, 4) is 6.07 Å². The Morgan fingerprint density at radius 2 is 2.06 bits per heavy atom. The smallest absolute Gasteiger partial charge is 0.303 e. The maximum Gasteiger partial charge on any atom is 0.303 e. The summed E-state index contributed by atoms with van der Waals surface area (Å²) in [6, 6.07) is 9.54. The van der Waals surface area contributed by atoms with Crippen LogP contribution in [0, 0.1) is 11.3 Å². The second-order valence-corrected chi connectivity index (χ2v) is 4.46. The molecule has 0 amide bonds. The quantitative estimate of drug-likeness (QED) is 0.770. The number of carboxylic acids is 1. The summed E-state index contributed by atoms with van der Waals surface area (Å²) in [5, 5.41) is 17.1. The van der Waals surface area contributed by atoms with Crippen LogP contribution in [0.25, 0.3) is 0 Å². The van der Waals surface area contributed by atoms with E-state index in [4.69, 9.17) is 10.4 Å². The normalized spacial score (nSPS) is 9.69. The molecule has 1 aromatic rings. The molecule has 0 aliphatic rings. The van der Waals surface area contributed by atoms with Gasteiger partial charge >= 0.3 is 5.97 Å². The van der Waals surface area contributed by atoms with E-state index < -0.39 is 5.97 Å². The monoisotopic (exact) mass is 235 g/mol. The molecule has 16 heavy (non-hydrogen) atoms. The zero-order valence-corrected chi connectivity index (χ0v) is 9.67. The third kappa shape index (κ3) is 4.85. The first kappa shape index (κ1) is 12.6. The number of hydrogen-bond acceptors (Lipinski definition) is 3. The van der Waals surface area contributed by atoms with E-state index in [9.17, 15) is 4.79 Å². The number of thioether (sulfide) groups is 1. The Bertz CT molecular complexity index is 381. The van der Waals surface area contributed by atoms with Crippen molar-refractivity contribution in [3.63, 3.8) is 0 Å². The van der Waals surface area contributed by atoms with E-state index in [-0.39, 0.29) is 6.42 Å². The molecule has 4 heteroatoms. The highest BCUT2D eigenvalue weighted by atomic mass is 32.2. The topological polar surface area (TPSA) is 61.1 Å². The number of nitrogens with zero attached hydrogens (tertiary/aromatic N) is 1. The number of benzene rings is 1. The maximum absolute atomic E-state index is 10.3. The fourth-order valence-corrected chi connectivity index (χ4v) is 2.11. The van der Waals surface area contributed by atoms with E-state index in [2.05, 4.69) is 6.07 Å². The number of aliphatic carboxylic acids is 1. The molecule has 0 saturated heterocycles. The average Bonchev–Trinajstić information content (AvgIpc) is 2.29. The summed E-state index contributed by atoms with van der Waals surface area (Å²) in [5.74, 6) is 0.983. The fraction of sp³-hybridized carbons (Fsp3) is 0.333. The Balaban J connectivity index is 2.22. The largest absolute Gasteiger partial charge is 0.481 e. The minimum Gasteiger partial charge on any atom is -0.481 e. The van der Waals surface area contributed by atoms with Crippen LogP contribution in [0.5, 0.6) is 0 Å². The molecule has 0 fully saturated rings. The van der Waals surface area contributed by atoms with Gasteiger partial charge < -0.3 is 5.11 Å². The van der Waals surface area contributed by atoms with Crippen LogP contribution in [0.2, 0.25) is 0 Å². The lowest BCUT2D eigenvalue weighted by Crippen LogP contribution is -1.95. The lowest BCUT2D eigenvalue weighted by Gasteiger charge is -2.01. The highest BCUT2D eigenvalue weighted by molar-refractivity contribution is 7.98. The minimum absolute atomic E-state index is 0.236. The summed E-state index contributed by atoms with van der Waals surface area (Å²) in [6.07, 6.45) is 0.941. The number of rotatable bonds is 6. The van der Waals surface area contributed by atoms with Crippen molar-refractivity contribution < 1.29 is 9.90 Å². The first-order valence-electron chi connectivity index (χ1n) is 5.01. The van der Waals surface area contributed by atoms with Crippen LogP contribution >= 0.6 is 11.8 Å². The predicted octanol–water partition coefficient (Wildman–Crippen LogP) is 2.66. The highest BCUT2D eigenvalue weighted by Gasteiger charge is 1.98. The molecule has 1 rings (SSSR count). The van der Waals surface area contributed by atoms with Crippen molar-refractivity contribution in [2.45, 2.75) is 18.6 Å². The molecule has 0 bridgehead atoms. The van der Waals surface area contributed by atoms with Crippen LogP contribution in [0.3, 0.4) is 0 Å². The van der Waals surface area contributed by atoms with Gasteiger partial charge in [-0.3, -0.25) is 4.79 Å². The SMILES string of the molecule is N#Cc1ccc(CSCCCC(=O)O)cc1. The van der Waals surface area contributed by atoms with Gasteiger partial charge in [0.15, 0.2) is 0 Å². The molecule has 1 aromatic carbocycles. The molecular weight excluding hydrogens is 222 g/mol.